The average molecular weight is 555 g/mol. The summed E-state index contributed by atoms with van der Waals surface area (Å²) in [5, 5.41) is 15.6. The van der Waals surface area contributed by atoms with Crippen LogP contribution in [0.5, 0.6) is 5.75 Å². The van der Waals surface area contributed by atoms with E-state index in [1.165, 1.54) is 29.2 Å². The minimum Gasteiger partial charge on any atom is -0.485 e. The van der Waals surface area contributed by atoms with Crippen LogP contribution in [0.3, 0.4) is 0 Å². The van der Waals surface area contributed by atoms with Crippen molar-refractivity contribution >= 4 is 29.2 Å². The number of carbonyl (C=O) groups excluding carboxylic acids is 3. The molecule has 40 heavy (non-hydrogen) atoms. The van der Waals surface area contributed by atoms with Gasteiger partial charge in [0, 0.05) is 31.1 Å². The van der Waals surface area contributed by atoms with Crippen LogP contribution in [0.1, 0.15) is 56.3 Å². The fourth-order valence-electron chi connectivity index (χ4n) is 5.26. The first-order valence-corrected chi connectivity index (χ1v) is 14.0. The van der Waals surface area contributed by atoms with E-state index in [0.29, 0.717) is 17.9 Å². The highest BCUT2D eigenvalue weighted by molar-refractivity contribution is 6.02. The number of ether oxygens (including phenoxy) is 1. The maximum Gasteiger partial charge on any atom is 0.321 e. The van der Waals surface area contributed by atoms with Gasteiger partial charge in [0.05, 0.1) is 30.4 Å². The fourth-order valence-corrected chi connectivity index (χ4v) is 5.26. The SMILES string of the molecule is C[C@H](CO)N1C[C@H](C)[C@@H](CN(C)C(=O)Nc2ccc(F)cc2)Oc2c(NC(=O)C3CCCCC3)cccc2C1=O. The zero-order chi connectivity index (χ0) is 28.8. The molecule has 0 radical (unpaired) electrons. The Hall–Kier alpha value is -3.66. The number of aliphatic hydroxyl groups excluding tert-OH is 1. The molecule has 0 saturated heterocycles. The molecule has 4 rings (SSSR count). The minimum absolute atomic E-state index is 0.0872. The Bertz CT molecular complexity index is 1200. The number of hydrogen-bond donors (Lipinski definition) is 3. The predicted molar refractivity (Wildman–Crippen MR) is 151 cm³/mol. The zero-order valence-corrected chi connectivity index (χ0v) is 23.4. The molecule has 10 heteroatoms. The molecule has 1 fully saturated rings. The molecule has 216 valence electrons. The van der Waals surface area contributed by atoms with E-state index >= 15 is 0 Å². The maximum absolute atomic E-state index is 13.7. The van der Waals surface area contributed by atoms with Crippen LogP contribution in [0.2, 0.25) is 0 Å². The molecule has 0 spiro atoms. The molecular formula is C30H39FN4O5. The number of anilines is 2. The third kappa shape index (κ3) is 6.91. The molecule has 1 saturated carbocycles. The van der Waals surface area contributed by atoms with Crippen molar-refractivity contribution in [2.45, 2.75) is 58.1 Å². The highest BCUT2D eigenvalue weighted by Gasteiger charge is 2.35. The third-order valence-corrected chi connectivity index (χ3v) is 7.82. The molecule has 2 aliphatic rings. The van der Waals surface area contributed by atoms with Gasteiger partial charge in [-0.25, -0.2) is 9.18 Å². The van der Waals surface area contributed by atoms with Crippen LogP contribution in [0.4, 0.5) is 20.6 Å². The smallest absolute Gasteiger partial charge is 0.321 e. The lowest BCUT2D eigenvalue weighted by atomic mass is 9.88. The standard InChI is InChI=1S/C30H39FN4O5/c1-19-16-35(20(2)18-36)29(38)24-10-7-11-25(33-28(37)21-8-5-4-6-9-21)27(24)40-26(19)17-34(3)30(39)32-23-14-12-22(31)13-15-23/h7,10-15,19-21,26,36H,4-6,8-9,16-18H2,1-3H3,(H,32,39)(H,33,37)/t19-,20+,26+/m0/s1. The molecular weight excluding hydrogens is 515 g/mol. The summed E-state index contributed by atoms with van der Waals surface area (Å²) in [5.74, 6) is -0.838. The second-order valence-electron chi connectivity index (χ2n) is 10.9. The number of rotatable bonds is 7. The van der Waals surface area contributed by atoms with Crippen molar-refractivity contribution in [3.8, 4) is 5.75 Å². The van der Waals surface area contributed by atoms with E-state index in [0.717, 1.165) is 32.1 Å². The van der Waals surface area contributed by atoms with Crippen LogP contribution in [0.25, 0.3) is 0 Å². The van der Waals surface area contributed by atoms with Gasteiger partial charge in [0.1, 0.15) is 11.9 Å². The van der Waals surface area contributed by atoms with Crippen molar-refractivity contribution in [1.29, 1.82) is 0 Å². The number of likely N-dealkylation sites (N-methyl/N-ethyl adjacent to an activating group) is 1. The second-order valence-corrected chi connectivity index (χ2v) is 10.9. The van der Waals surface area contributed by atoms with E-state index in [4.69, 9.17) is 4.74 Å². The van der Waals surface area contributed by atoms with Crippen LogP contribution < -0.4 is 15.4 Å². The van der Waals surface area contributed by atoms with Crippen LogP contribution in [0, 0.1) is 17.7 Å². The molecule has 2 aromatic rings. The van der Waals surface area contributed by atoms with Gasteiger partial charge in [-0.05, 0) is 56.2 Å². The topological polar surface area (TPSA) is 111 Å². The van der Waals surface area contributed by atoms with Gasteiger partial charge >= 0.3 is 6.03 Å². The quantitative estimate of drug-likeness (QED) is 0.458. The zero-order valence-electron chi connectivity index (χ0n) is 23.4. The summed E-state index contributed by atoms with van der Waals surface area (Å²) in [6.07, 6.45) is 4.27. The lowest BCUT2D eigenvalue weighted by Gasteiger charge is -2.38. The Morgan fingerprint density at radius 1 is 1.12 bits per heavy atom. The predicted octanol–water partition coefficient (Wildman–Crippen LogP) is 4.73. The van der Waals surface area contributed by atoms with E-state index in [2.05, 4.69) is 10.6 Å². The first kappa shape index (κ1) is 29.3. The normalized spacial score (nSPS) is 20.4. The number of hydrogen-bond acceptors (Lipinski definition) is 5. The monoisotopic (exact) mass is 554 g/mol. The van der Waals surface area contributed by atoms with Crippen molar-refractivity contribution < 1.29 is 28.6 Å². The van der Waals surface area contributed by atoms with Crippen LogP contribution in [-0.4, -0.2) is 71.6 Å². The molecule has 1 aliphatic carbocycles. The molecule has 0 unspecified atom stereocenters. The largest absolute Gasteiger partial charge is 0.485 e. The van der Waals surface area contributed by atoms with Crippen LogP contribution >= 0.6 is 0 Å². The maximum atomic E-state index is 13.7. The van der Waals surface area contributed by atoms with Gasteiger partial charge < -0.3 is 30.3 Å². The second kappa shape index (κ2) is 13.1. The summed E-state index contributed by atoms with van der Waals surface area (Å²) < 4.78 is 19.8. The Kier molecular flexibility index (Phi) is 9.63. The lowest BCUT2D eigenvalue weighted by Crippen LogP contribution is -2.50. The van der Waals surface area contributed by atoms with Gasteiger partial charge in [-0.1, -0.05) is 32.3 Å². The van der Waals surface area contributed by atoms with Gasteiger partial charge in [-0.2, -0.15) is 0 Å². The summed E-state index contributed by atoms with van der Waals surface area (Å²) >= 11 is 0. The van der Waals surface area contributed by atoms with E-state index < -0.39 is 24.0 Å². The first-order valence-electron chi connectivity index (χ1n) is 14.0. The molecule has 4 amide bonds. The van der Waals surface area contributed by atoms with Crippen molar-refractivity contribution in [2.24, 2.45) is 11.8 Å². The average Bonchev–Trinajstić information content (AvgIpc) is 2.96. The van der Waals surface area contributed by atoms with Gasteiger partial charge in [0.2, 0.25) is 5.91 Å². The van der Waals surface area contributed by atoms with Crippen molar-refractivity contribution in [3.63, 3.8) is 0 Å². The first-order chi connectivity index (χ1) is 19.2. The molecule has 1 heterocycles. The van der Waals surface area contributed by atoms with Crippen molar-refractivity contribution in [2.75, 3.05) is 37.4 Å². The Morgan fingerprint density at radius 3 is 2.50 bits per heavy atom. The number of aliphatic hydroxyl groups is 1. The third-order valence-electron chi connectivity index (χ3n) is 7.82. The lowest BCUT2D eigenvalue weighted by molar-refractivity contribution is -0.120. The van der Waals surface area contributed by atoms with E-state index in [9.17, 15) is 23.9 Å². The summed E-state index contributed by atoms with van der Waals surface area (Å²) in [6.45, 7) is 3.97. The van der Waals surface area contributed by atoms with Gasteiger partial charge in [0.25, 0.3) is 5.91 Å². The van der Waals surface area contributed by atoms with Gasteiger partial charge in [0.15, 0.2) is 5.75 Å². The summed E-state index contributed by atoms with van der Waals surface area (Å²) in [4.78, 5) is 42.8. The summed E-state index contributed by atoms with van der Waals surface area (Å²) in [5.41, 5.74) is 1.16. The fraction of sp³-hybridized carbons (Fsp3) is 0.500. The van der Waals surface area contributed by atoms with Crippen LogP contribution in [0.15, 0.2) is 42.5 Å². The van der Waals surface area contributed by atoms with Crippen molar-refractivity contribution in [3.05, 3.63) is 53.8 Å². The van der Waals surface area contributed by atoms with Gasteiger partial charge in [-0.15, -0.1) is 0 Å². The molecule has 9 nitrogen and oxygen atoms in total. The molecule has 1 aliphatic heterocycles. The van der Waals surface area contributed by atoms with E-state index in [-0.39, 0.29) is 48.1 Å². The number of carbonyl (C=O) groups is 3. The number of urea groups is 1. The molecule has 3 atom stereocenters. The molecule has 3 N–H and O–H groups in total. The Labute approximate surface area is 234 Å². The molecule has 0 aromatic heterocycles. The minimum atomic E-state index is -0.544. The number of amides is 4. The summed E-state index contributed by atoms with van der Waals surface area (Å²) in [7, 11) is 1.63. The Morgan fingerprint density at radius 2 is 1.82 bits per heavy atom. The number of nitrogens with zero attached hydrogens (tertiary/aromatic N) is 2. The highest BCUT2D eigenvalue weighted by atomic mass is 19.1. The van der Waals surface area contributed by atoms with E-state index in [1.54, 1.807) is 37.1 Å². The number of fused-ring (bicyclic) bond motifs is 1. The molecule has 0 bridgehead atoms. The number of para-hydroxylation sites is 1. The Balaban J connectivity index is 1.61. The number of nitrogens with one attached hydrogen (secondary N) is 2. The van der Waals surface area contributed by atoms with Crippen LogP contribution in [-0.2, 0) is 4.79 Å². The van der Waals surface area contributed by atoms with Gasteiger partial charge in [-0.3, -0.25) is 9.59 Å². The summed E-state index contributed by atoms with van der Waals surface area (Å²) in [6, 6.07) is 9.74. The number of halogens is 1. The van der Waals surface area contributed by atoms with Crippen molar-refractivity contribution in [1.82, 2.24) is 9.80 Å². The van der Waals surface area contributed by atoms with E-state index in [1.807, 2.05) is 6.92 Å². The highest BCUT2D eigenvalue weighted by Crippen LogP contribution is 2.36. The molecule has 2 aromatic carbocycles. The number of benzene rings is 2.